The van der Waals surface area contributed by atoms with Crippen molar-refractivity contribution in [1.82, 2.24) is 14.4 Å². The average Bonchev–Trinajstić information content (AvgIpc) is 3.07. The molecule has 0 saturated heterocycles. The fraction of sp³-hybridized carbons (Fsp3) is 0.182. The third kappa shape index (κ3) is 3.24. The number of rotatable bonds is 5. The van der Waals surface area contributed by atoms with Gasteiger partial charge >= 0.3 is 0 Å². The fourth-order valence-corrected chi connectivity index (χ4v) is 3.17. The number of anilines is 1. The Balaban J connectivity index is 1.77. The van der Waals surface area contributed by atoms with Crippen molar-refractivity contribution in [2.24, 2.45) is 0 Å². The van der Waals surface area contributed by atoms with Crippen LogP contribution in [0.15, 0.2) is 60.9 Å². The lowest BCUT2D eigenvalue weighted by Crippen LogP contribution is -2.05. The van der Waals surface area contributed by atoms with Crippen LogP contribution < -0.4 is 10.1 Å². The molecule has 2 aromatic heterocycles. The molecule has 0 aliphatic carbocycles. The standard InChI is InChI=1S/C22H22N4O/c1-15-9-10-17(13-16(15)2)20-21(26-12-6-11-23-22(26)25-20)24-14-18-7-4-5-8-19(18)27-3/h4-13,24H,14H2,1-3H3. The minimum atomic E-state index is 0.630. The van der Waals surface area contributed by atoms with Crippen molar-refractivity contribution >= 4 is 11.6 Å². The molecule has 0 bridgehead atoms. The maximum absolute atomic E-state index is 5.47. The number of hydrogen-bond donors (Lipinski definition) is 1. The SMILES string of the molecule is COc1ccccc1CNc1c(-c2ccc(C)c(C)c2)nc2ncccn12. The van der Waals surface area contributed by atoms with E-state index in [4.69, 9.17) is 9.72 Å². The maximum atomic E-state index is 5.47. The lowest BCUT2D eigenvalue weighted by atomic mass is 10.0. The minimum absolute atomic E-state index is 0.630. The summed E-state index contributed by atoms with van der Waals surface area (Å²) < 4.78 is 7.46. The van der Waals surface area contributed by atoms with Crippen LogP contribution in [0.4, 0.5) is 5.82 Å². The molecule has 2 heterocycles. The van der Waals surface area contributed by atoms with E-state index in [1.807, 2.05) is 34.9 Å². The monoisotopic (exact) mass is 358 g/mol. The summed E-state index contributed by atoms with van der Waals surface area (Å²) in [6.07, 6.45) is 3.74. The zero-order chi connectivity index (χ0) is 18.8. The van der Waals surface area contributed by atoms with E-state index in [0.29, 0.717) is 12.3 Å². The zero-order valence-electron chi connectivity index (χ0n) is 15.7. The fourth-order valence-electron chi connectivity index (χ4n) is 3.17. The Morgan fingerprint density at radius 2 is 1.89 bits per heavy atom. The van der Waals surface area contributed by atoms with Gasteiger partial charge in [0.1, 0.15) is 17.3 Å². The third-order valence-corrected chi connectivity index (χ3v) is 4.82. The summed E-state index contributed by atoms with van der Waals surface area (Å²) in [5.41, 5.74) is 5.57. The molecule has 136 valence electrons. The average molecular weight is 358 g/mol. The molecule has 5 nitrogen and oxygen atoms in total. The molecule has 5 heteroatoms. The molecule has 2 aromatic carbocycles. The highest BCUT2D eigenvalue weighted by Crippen LogP contribution is 2.30. The number of para-hydroxylation sites is 1. The highest BCUT2D eigenvalue weighted by molar-refractivity contribution is 5.76. The van der Waals surface area contributed by atoms with E-state index in [1.165, 1.54) is 11.1 Å². The molecule has 0 atom stereocenters. The van der Waals surface area contributed by atoms with Crippen LogP contribution in [0.2, 0.25) is 0 Å². The molecule has 4 aromatic rings. The Labute approximate surface area is 158 Å². The van der Waals surface area contributed by atoms with Gasteiger partial charge in [0.15, 0.2) is 0 Å². The molecule has 0 saturated carbocycles. The Morgan fingerprint density at radius 1 is 1.04 bits per heavy atom. The molecule has 0 fully saturated rings. The summed E-state index contributed by atoms with van der Waals surface area (Å²) in [5, 5.41) is 3.54. The van der Waals surface area contributed by atoms with Gasteiger partial charge in [-0.1, -0.05) is 30.3 Å². The van der Waals surface area contributed by atoms with Crippen molar-refractivity contribution in [3.8, 4) is 17.0 Å². The Bertz CT molecular complexity index is 1100. The number of methoxy groups -OCH3 is 1. The van der Waals surface area contributed by atoms with Crippen LogP contribution >= 0.6 is 0 Å². The molecule has 27 heavy (non-hydrogen) atoms. The Kier molecular flexibility index (Phi) is 4.50. The smallest absolute Gasteiger partial charge is 0.235 e. The van der Waals surface area contributed by atoms with Crippen LogP contribution in [0.5, 0.6) is 5.75 Å². The molecule has 0 aliphatic heterocycles. The first-order chi connectivity index (χ1) is 13.2. The summed E-state index contributed by atoms with van der Waals surface area (Å²) >= 11 is 0. The van der Waals surface area contributed by atoms with Crippen molar-refractivity contribution in [2.45, 2.75) is 20.4 Å². The highest BCUT2D eigenvalue weighted by atomic mass is 16.5. The van der Waals surface area contributed by atoms with E-state index in [-0.39, 0.29) is 0 Å². The van der Waals surface area contributed by atoms with Crippen LogP contribution in [0.3, 0.4) is 0 Å². The number of nitrogens with one attached hydrogen (secondary N) is 1. The molecule has 0 radical (unpaired) electrons. The molecule has 0 unspecified atom stereocenters. The number of nitrogens with zero attached hydrogens (tertiary/aromatic N) is 3. The highest BCUT2D eigenvalue weighted by Gasteiger charge is 2.15. The summed E-state index contributed by atoms with van der Waals surface area (Å²) in [4.78, 5) is 9.17. The number of fused-ring (bicyclic) bond motifs is 1. The van der Waals surface area contributed by atoms with E-state index < -0.39 is 0 Å². The minimum Gasteiger partial charge on any atom is -0.496 e. The van der Waals surface area contributed by atoms with Gasteiger partial charge in [0.2, 0.25) is 5.78 Å². The molecule has 0 amide bonds. The quantitative estimate of drug-likeness (QED) is 0.565. The maximum Gasteiger partial charge on any atom is 0.235 e. The van der Waals surface area contributed by atoms with Crippen LogP contribution in [0, 0.1) is 13.8 Å². The predicted octanol–water partition coefficient (Wildman–Crippen LogP) is 4.63. The van der Waals surface area contributed by atoms with Gasteiger partial charge in [-0.05, 0) is 43.2 Å². The predicted molar refractivity (Wildman–Crippen MR) is 108 cm³/mol. The number of aryl methyl sites for hydroxylation is 2. The van der Waals surface area contributed by atoms with Crippen molar-refractivity contribution in [3.05, 3.63) is 77.6 Å². The van der Waals surface area contributed by atoms with E-state index in [9.17, 15) is 0 Å². The van der Waals surface area contributed by atoms with E-state index >= 15 is 0 Å². The van der Waals surface area contributed by atoms with Gasteiger partial charge in [-0.15, -0.1) is 0 Å². The summed E-state index contributed by atoms with van der Waals surface area (Å²) in [6, 6.07) is 16.3. The third-order valence-electron chi connectivity index (χ3n) is 4.82. The van der Waals surface area contributed by atoms with Gasteiger partial charge < -0.3 is 10.1 Å². The van der Waals surface area contributed by atoms with Gasteiger partial charge in [-0.2, -0.15) is 0 Å². The number of benzene rings is 2. The van der Waals surface area contributed by atoms with Crippen LogP contribution in [0.25, 0.3) is 17.0 Å². The number of imidazole rings is 1. The number of aromatic nitrogens is 3. The number of ether oxygens (including phenoxy) is 1. The molecule has 1 N–H and O–H groups in total. The molecule has 0 spiro atoms. The van der Waals surface area contributed by atoms with Gasteiger partial charge in [0.05, 0.1) is 7.11 Å². The van der Waals surface area contributed by atoms with Crippen molar-refractivity contribution < 1.29 is 4.74 Å². The topological polar surface area (TPSA) is 51.5 Å². The van der Waals surface area contributed by atoms with Crippen molar-refractivity contribution in [2.75, 3.05) is 12.4 Å². The second-order valence-corrected chi connectivity index (χ2v) is 6.56. The lowest BCUT2D eigenvalue weighted by molar-refractivity contribution is 0.410. The number of hydrogen-bond acceptors (Lipinski definition) is 4. The molecular formula is C22H22N4O. The summed E-state index contributed by atoms with van der Waals surface area (Å²) in [5.74, 6) is 2.46. The second kappa shape index (κ2) is 7.11. The first-order valence-electron chi connectivity index (χ1n) is 8.94. The van der Waals surface area contributed by atoms with Gasteiger partial charge in [0.25, 0.3) is 0 Å². The molecular weight excluding hydrogens is 336 g/mol. The molecule has 0 aliphatic rings. The van der Waals surface area contributed by atoms with Gasteiger partial charge in [0, 0.05) is 30.1 Å². The van der Waals surface area contributed by atoms with E-state index in [0.717, 1.165) is 28.4 Å². The lowest BCUT2D eigenvalue weighted by Gasteiger charge is -2.12. The Morgan fingerprint density at radius 3 is 2.70 bits per heavy atom. The van der Waals surface area contributed by atoms with Crippen LogP contribution in [-0.4, -0.2) is 21.5 Å². The zero-order valence-corrected chi connectivity index (χ0v) is 15.7. The molecule has 4 rings (SSSR count). The summed E-state index contributed by atoms with van der Waals surface area (Å²) in [6.45, 7) is 4.87. The normalized spacial score (nSPS) is 10.9. The van der Waals surface area contributed by atoms with Crippen LogP contribution in [-0.2, 0) is 6.54 Å². The Hall–Kier alpha value is -3.34. The van der Waals surface area contributed by atoms with Gasteiger partial charge in [-0.3, -0.25) is 4.40 Å². The van der Waals surface area contributed by atoms with Gasteiger partial charge in [-0.25, -0.2) is 9.97 Å². The largest absolute Gasteiger partial charge is 0.496 e. The van der Waals surface area contributed by atoms with Crippen molar-refractivity contribution in [1.29, 1.82) is 0 Å². The van der Waals surface area contributed by atoms with E-state index in [2.05, 4.69) is 48.4 Å². The second-order valence-electron chi connectivity index (χ2n) is 6.56. The van der Waals surface area contributed by atoms with E-state index in [1.54, 1.807) is 13.3 Å². The first-order valence-corrected chi connectivity index (χ1v) is 8.94. The summed E-state index contributed by atoms with van der Waals surface area (Å²) in [7, 11) is 1.69. The first kappa shape index (κ1) is 17.1. The van der Waals surface area contributed by atoms with Crippen LogP contribution in [0.1, 0.15) is 16.7 Å². The van der Waals surface area contributed by atoms with Crippen molar-refractivity contribution in [3.63, 3.8) is 0 Å².